The first kappa shape index (κ1) is 13.8. The van der Waals surface area contributed by atoms with Crippen molar-refractivity contribution in [2.75, 3.05) is 24.6 Å². The van der Waals surface area contributed by atoms with Gasteiger partial charge in [0.25, 0.3) is 0 Å². The van der Waals surface area contributed by atoms with Crippen molar-refractivity contribution >= 4 is 26.8 Å². The summed E-state index contributed by atoms with van der Waals surface area (Å²) < 4.78 is 2.94. The summed E-state index contributed by atoms with van der Waals surface area (Å²) in [5.41, 5.74) is 1.00. The average Bonchev–Trinajstić information content (AvgIpc) is 2.90. The highest BCUT2D eigenvalue weighted by molar-refractivity contribution is 7.22. The van der Waals surface area contributed by atoms with Gasteiger partial charge in [-0.05, 0) is 26.2 Å². The molecule has 0 spiro atoms. The Balaban J connectivity index is 1.86. The highest BCUT2D eigenvalue weighted by Crippen LogP contribution is 2.33. The van der Waals surface area contributed by atoms with Crippen LogP contribution in [0.5, 0.6) is 0 Å². The molecule has 110 valence electrons. The molecule has 1 fully saturated rings. The Labute approximate surface area is 121 Å². The Morgan fingerprint density at radius 1 is 1.35 bits per heavy atom. The smallest absolute Gasteiger partial charge is 0.188 e. The van der Waals surface area contributed by atoms with Gasteiger partial charge in [-0.15, -0.1) is 0 Å². The fourth-order valence-corrected chi connectivity index (χ4v) is 3.82. The van der Waals surface area contributed by atoms with Crippen molar-refractivity contribution in [3.8, 4) is 0 Å². The van der Waals surface area contributed by atoms with E-state index in [1.54, 1.807) is 11.3 Å². The van der Waals surface area contributed by atoms with E-state index in [4.69, 9.17) is 0 Å². The minimum absolute atomic E-state index is 0.163. The second kappa shape index (κ2) is 4.98. The molecule has 6 nitrogen and oxygen atoms in total. The van der Waals surface area contributed by atoms with Gasteiger partial charge < -0.3 is 15.1 Å². The third-order valence-electron chi connectivity index (χ3n) is 4.02. The number of hydrogen-bond donors (Lipinski definition) is 2. The number of anilines is 1. The number of aliphatic hydroxyl groups excluding tert-OH is 1. The monoisotopic (exact) mass is 296 g/mol. The Morgan fingerprint density at radius 3 is 2.85 bits per heavy atom. The Hall–Kier alpha value is -1.18. The number of hydrogen-bond acceptors (Lipinski definition) is 6. The molecule has 7 heteroatoms. The molecule has 1 aliphatic rings. The summed E-state index contributed by atoms with van der Waals surface area (Å²) in [6, 6.07) is 0. The summed E-state index contributed by atoms with van der Waals surface area (Å²) in [4.78, 5) is 6.88. The number of fused-ring (bicyclic) bond motifs is 1. The second-order valence-electron chi connectivity index (χ2n) is 5.58. The van der Waals surface area contributed by atoms with Crippen molar-refractivity contribution in [2.24, 2.45) is 7.05 Å². The van der Waals surface area contributed by atoms with Crippen molar-refractivity contribution in [1.29, 1.82) is 0 Å². The normalized spacial score (nSPS) is 24.3. The van der Waals surface area contributed by atoms with E-state index < -0.39 is 5.60 Å². The molecule has 0 bridgehead atoms. The molecular formula is C13H20N4O2S. The lowest BCUT2D eigenvalue weighted by Crippen LogP contribution is -2.34. The Morgan fingerprint density at radius 2 is 2.15 bits per heavy atom. The molecule has 0 aromatic carbocycles. The van der Waals surface area contributed by atoms with Crippen LogP contribution in [0.15, 0.2) is 0 Å². The number of aliphatic hydroxyl groups is 2. The Kier molecular flexibility index (Phi) is 3.43. The lowest BCUT2D eigenvalue weighted by Gasteiger charge is -2.24. The maximum Gasteiger partial charge on any atom is 0.188 e. The van der Waals surface area contributed by atoms with E-state index in [0.29, 0.717) is 12.8 Å². The standard InChI is InChI=1S/C13H20N4O2S/c1-9-10-11(16(2)15-9)14-12(20-10)17-6-3-4-13(19,8-18)5-7-17/h18-19H,3-8H2,1-2H3. The molecular weight excluding hydrogens is 276 g/mol. The van der Waals surface area contributed by atoms with Gasteiger partial charge in [0, 0.05) is 20.1 Å². The quantitative estimate of drug-likeness (QED) is 0.866. The molecule has 2 aromatic heterocycles. The SMILES string of the molecule is Cc1nn(C)c2nc(N3CCCC(O)(CO)CC3)sc12. The molecule has 20 heavy (non-hydrogen) atoms. The van der Waals surface area contributed by atoms with Gasteiger partial charge in [0.1, 0.15) is 0 Å². The van der Waals surface area contributed by atoms with E-state index in [1.165, 1.54) is 0 Å². The zero-order chi connectivity index (χ0) is 14.3. The van der Waals surface area contributed by atoms with Gasteiger partial charge in [-0.2, -0.15) is 5.10 Å². The van der Waals surface area contributed by atoms with Gasteiger partial charge >= 0.3 is 0 Å². The van der Waals surface area contributed by atoms with Crippen molar-refractivity contribution < 1.29 is 10.2 Å². The van der Waals surface area contributed by atoms with Gasteiger partial charge in [-0.25, -0.2) is 9.67 Å². The van der Waals surface area contributed by atoms with E-state index in [1.807, 2.05) is 18.7 Å². The minimum Gasteiger partial charge on any atom is -0.393 e. The summed E-state index contributed by atoms with van der Waals surface area (Å²) in [6.45, 7) is 3.43. The molecule has 0 amide bonds. The molecule has 1 atom stereocenters. The van der Waals surface area contributed by atoms with Gasteiger partial charge in [0.05, 0.1) is 22.6 Å². The predicted octanol–water partition coefficient (Wildman–Crippen LogP) is 1.05. The van der Waals surface area contributed by atoms with Gasteiger partial charge in [0.15, 0.2) is 10.8 Å². The van der Waals surface area contributed by atoms with E-state index in [0.717, 1.165) is 40.7 Å². The van der Waals surface area contributed by atoms with E-state index >= 15 is 0 Å². The van der Waals surface area contributed by atoms with Crippen LogP contribution < -0.4 is 4.90 Å². The van der Waals surface area contributed by atoms with Crippen molar-refractivity contribution in [2.45, 2.75) is 31.8 Å². The number of aromatic nitrogens is 3. The van der Waals surface area contributed by atoms with E-state index in [-0.39, 0.29) is 6.61 Å². The molecule has 1 saturated heterocycles. The lowest BCUT2D eigenvalue weighted by molar-refractivity contribution is -0.0232. The second-order valence-corrected chi connectivity index (χ2v) is 6.56. The highest BCUT2D eigenvalue weighted by atomic mass is 32.1. The molecule has 1 aliphatic heterocycles. The highest BCUT2D eigenvalue weighted by Gasteiger charge is 2.30. The molecule has 0 radical (unpaired) electrons. The predicted molar refractivity (Wildman–Crippen MR) is 79.2 cm³/mol. The van der Waals surface area contributed by atoms with Crippen molar-refractivity contribution in [3.05, 3.63) is 5.69 Å². The number of aryl methyl sites for hydroxylation is 2. The summed E-state index contributed by atoms with van der Waals surface area (Å²) in [7, 11) is 1.91. The number of thiazole rings is 1. The van der Waals surface area contributed by atoms with Crippen LogP contribution in [0.3, 0.4) is 0 Å². The lowest BCUT2D eigenvalue weighted by atomic mass is 9.96. The van der Waals surface area contributed by atoms with Crippen LogP contribution in [-0.2, 0) is 7.05 Å². The zero-order valence-corrected chi connectivity index (χ0v) is 12.7. The average molecular weight is 296 g/mol. The van der Waals surface area contributed by atoms with Gasteiger partial charge in [-0.1, -0.05) is 11.3 Å². The van der Waals surface area contributed by atoms with E-state index in [2.05, 4.69) is 15.0 Å². The Bertz CT molecular complexity index is 589. The van der Waals surface area contributed by atoms with Crippen LogP contribution in [0.2, 0.25) is 0 Å². The third kappa shape index (κ3) is 2.30. The minimum atomic E-state index is -0.928. The largest absolute Gasteiger partial charge is 0.393 e. The number of rotatable bonds is 2. The topological polar surface area (TPSA) is 74.4 Å². The molecule has 3 heterocycles. The van der Waals surface area contributed by atoms with Crippen LogP contribution in [0.25, 0.3) is 10.3 Å². The molecule has 0 aliphatic carbocycles. The van der Waals surface area contributed by atoms with Gasteiger partial charge in [-0.3, -0.25) is 0 Å². The summed E-state index contributed by atoms with van der Waals surface area (Å²) >= 11 is 1.66. The first-order valence-electron chi connectivity index (χ1n) is 6.91. The third-order valence-corrected chi connectivity index (χ3v) is 5.23. The van der Waals surface area contributed by atoms with Crippen molar-refractivity contribution in [3.63, 3.8) is 0 Å². The summed E-state index contributed by atoms with van der Waals surface area (Å²) in [6.07, 6.45) is 2.09. The van der Waals surface area contributed by atoms with E-state index in [9.17, 15) is 10.2 Å². The fraction of sp³-hybridized carbons (Fsp3) is 0.692. The zero-order valence-electron chi connectivity index (χ0n) is 11.8. The maximum atomic E-state index is 10.2. The van der Waals surface area contributed by atoms with Crippen molar-refractivity contribution in [1.82, 2.24) is 14.8 Å². The first-order valence-corrected chi connectivity index (χ1v) is 7.72. The molecule has 1 unspecified atom stereocenters. The molecule has 0 saturated carbocycles. The molecule has 2 N–H and O–H groups in total. The maximum absolute atomic E-state index is 10.2. The molecule has 3 rings (SSSR count). The van der Waals surface area contributed by atoms with Crippen LogP contribution in [-0.4, -0.2) is 50.3 Å². The molecule has 2 aromatic rings. The fourth-order valence-electron chi connectivity index (χ4n) is 2.74. The summed E-state index contributed by atoms with van der Waals surface area (Å²) in [5.74, 6) is 0. The van der Waals surface area contributed by atoms with Crippen LogP contribution in [0.1, 0.15) is 25.0 Å². The summed E-state index contributed by atoms with van der Waals surface area (Å²) in [5, 5.41) is 24.8. The number of nitrogens with zero attached hydrogens (tertiary/aromatic N) is 4. The van der Waals surface area contributed by atoms with Crippen LogP contribution >= 0.6 is 11.3 Å². The van der Waals surface area contributed by atoms with Gasteiger partial charge in [0.2, 0.25) is 0 Å². The first-order chi connectivity index (χ1) is 9.52. The van der Waals surface area contributed by atoms with Crippen LogP contribution in [0.4, 0.5) is 5.13 Å². The van der Waals surface area contributed by atoms with Crippen LogP contribution in [0, 0.1) is 6.92 Å².